The summed E-state index contributed by atoms with van der Waals surface area (Å²) in [5, 5.41) is 14.2. The summed E-state index contributed by atoms with van der Waals surface area (Å²) in [7, 11) is 0. The summed E-state index contributed by atoms with van der Waals surface area (Å²) in [6.45, 7) is -0.0886. The van der Waals surface area contributed by atoms with E-state index in [1.54, 1.807) is 0 Å². The predicted molar refractivity (Wildman–Crippen MR) is 72.1 cm³/mol. The van der Waals surface area contributed by atoms with E-state index in [0.29, 0.717) is 0 Å². The molecule has 0 aliphatic rings. The van der Waals surface area contributed by atoms with Gasteiger partial charge >= 0.3 is 0 Å². The van der Waals surface area contributed by atoms with Crippen molar-refractivity contribution >= 4 is 34.0 Å². The molecule has 0 aliphatic carbocycles. The van der Waals surface area contributed by atoms with Gasteiger partial charge in [-0.2, -0.15) is 5.10 Å². The third-order valence-corrected chi connectivity index (χ3v) is 2.60. The Bertz CT molecular complexity index is 609. The van der Waals surface area contributed by atoms with Crippen molar-refractivity contribution in [2.24, 2.45) is 5.10 Å². The topological polar surface area (TPSA) is 111 Å². The van der Waals surface area contributed by atoms with Crippen molar-refractivity contribution in [3.05, 3.63) is 34.3 Å². The number of nitrogen functional groups attached to an aromatic ring is 1. The number of hydrazone groups is 1. The Kier molecular flexibility index (Phi) is 4.18. The molecular formula is C10H10BrN7O. The summed E-state index contributed by atoms with van der Waals surface area (Å²) in [5.74, 6) is -0.295. The van der Waals surface area contributed by atoms with Gasteiger partial charge in [-0.15, -0.1) is 0 Å². The third kappa shape index (κ3) is 3.85. The molecule has 0 aliphatic heterocycles. The van der Waals surface area contributed by atoms with Crippen molar-refractivity contribution in [1.29, 1.82) is 0 Å². The maximum absolute atomic E-state index is 11.5. The highest BCUT2D eigenvalue weighted by Crippen LogP contribution is 2.09. The third-order valence-electron chi connectivity index (χ3n) is 2.10. The highest BCUT2D eigenvalue weighted by atomic mass is 79.9. The van der Waals surface area contributed by atoms with Crippen LogP contribution >= 0.6 is 15.9 Å². The molecule has 0 atom stereocenters. The van der Waals surface area contributed by atoms with Crippen molar-refractivity contribution in [1.82, 2.24) is 25.6 Å². The summed E-state index contributed by atoms with van der Waals surface area (Å²) in [4.78, 5) is 11.5. The zero-order valence-corrected chi connectivity index (χ0v) is 11.3. The number of aromatic nitrogens is 4. The molecule has 0 radical (unpaired) electrons. The molecule has 1 aromatic carbocycles. The average molecular weight is 324 g/mol. The summed E-state index contributed by atoms with van der Waals surface area (Å²) in [6, 6.07) is 7.50. The van der Waals surface area contributed by atoms with Gasteiger partial charge < -0.3 is 5.73 Å². The van der Waals surface area contributed by atoms with Gasteiger partial charge in [0.15, 0.2) is 0 Å². The van der Waals surface area contributed by atoms with E-state index in [2.05, 4.69) is 42.0 Å². The maximum atomic E-state index is 11.5. The van der Waals surface area contributed by atoms with E-state index >= 15 is 0 Å². The van der Waals surface area contributed by atoms with Crippen LogP contribution in [0.4, 0.5) is 5.95 Å². The lowest BCUT2D eigenvalue weighted by molar-refractivity contribution is -0.121. The SMILES string of the molecule is Nc1nnnn1CC(=O)NN=Cc1cccc(Br)c1. The van der Waals surface area contributed by atoms with Gasteiger partial charge in [-0.25, -0.2) is 10.1 Å². The molecule has 0 bridgehead atoms. The number of rotatable bonds is 4. The predicted octanol–water partition coefficient (Wildman–Crippen LogP) is 0.168. The van der Waals surface area contributed by atoms with Crippen molar-refractivity contribution in [3.63, 3.8) is 0 Å². The van der Waals surface area contributed by atoms with E-state index in [1.165, 1.54) is 10.9 Å². The minimum absolute atomic E-state index is 0.0751. The molecule has 3 N–H and O–H groups in total. The number of nitrogens with one attached hydrogen (secondary N) is 1. The molecule has 1 aromatic heterocycles. The van der Waals surface area contributed by atoms with E-state index < -0.39 is 0 Å². The second kappa shape index (κ2) is 6.05. The Morgan fingerprint density at radius 2 is 2.42 bits per heavy atom. The van der Waals surface area contributed by atoms with Crippen LogP contribution < -0.4 is 11.2 Å². The quantitative estimate of drug-likeness (QED) is 0.615. The van der Waals surface area contributed by atoms with E-state index in [9.17, 15) is 4.79 Å². The Balaban J connectivity index is 1.88. The molecule has 9 heteroatoms. The number of hydrogen-bond acceptors (Lipinski definition) is 6. The standard InChI is InChI=1S/C10H10BrN7O/c11-8-3-1-2-7(4-8)5-13-14-9(19)6-18-10(12)15-16-17-18/h1-5H,6H2,(H,14,19)(H2,12,15,17). The molecule has 2 rings (SSSR count). The van der Waals surface area contributed by atoms with Crippen LogP contribution in [0.3, 0.4) is 0 Å². The smallest absolute Gasteiger partial charge is 0.261 e. The van der Waals surface area contributed by atoms with Crippen molar-refractivity contribution < 1.29 is 4.79 Å². The largest absolute Gasteiger partial charge is 0.367 e. The Hall–Kier alpha value is -2.29. The van der Waals surface area contributed by atoms with Crippen molar-refractivity contribution in [2.45, 2.75) is 6.54 Å². The minimum Gasteiger partial charge on any atom is -0.367 e. The van der Waals surface area contributed by atoms with Gasteiger partial charge in [0.2, 0.25) is 5.95 Å². The van der Waals surface area contributed by atoms with Gasteiger partial charge in [-0.3, -0.25) is 4.79 Å². The first kappa shape index (κ1) is 13.1. The molecule has 0 spiro atoms. The van der Waals surface area contributed by atoms with Gasteiger partial charge in [0.25, 0.3) is 5.91 Å². The van der Waals surface area contributed by atoms with Crippen LogP contribution in [0.25, 0.3) is 0 Å². The molecule has 98 valence electrons. The minimum atomic E-state index is -0.370. The second-order valence-electron chi connectivity index (χ2n) is 3.54. The average Bonchev–Trinajstić information content (AvgIpc) is 2.75. The number of carbonyl (C=O) groups is 1. The molecule has 2 aromatic rings. The van der Waals surface area contributed by atoms with Crippen LogP contribution in [0.2, 0.25) is 0 Å². The van der Waals surface area contributed by atoms with E-state index in [0.717, 1.165) is 10.0 Å². The first-order valence-electron chi connectivity index (χ1n) is 5.24. The molecule has 0 saturated carbocycles. The van der Waals surface area contributed by atoms with Crippen LogP contribution in [0.15, 0.2) is 33.8 Å². The normalized spacial score (nSPS) is 10.8. The van der Waals surface area contributed by atoms with Gasteiger partial charge in [0.1, 0.15) is 6.54 Å². The Labute approximate surface area is 116 Å². The fourth-order valence-corrected chi connectivity index (χ4v) is 1.68. The van der Waals surface area contributed by atoms with Crippen LogP contribution in [0.1, 0.15) is 5.56 Å². The Morgan fingerprint density at radius 1 is 1.58 bits per heavy atom. The van der Waals surface area contributed by atoms with Gasteiger partial charge in [0, 0.05) is 4.47 Å². The Morgan fingerprint density at radius 3 is 3.11 bits per heavy atom. The lowest BCUT2D eigenvalue weighted by Crippen LogP contribution is -2.24. The monoisotopic (exact) mass is 323 g/mol. The number of nitrogens with two attached hydrogens (primary N) is 1. The van der Waals surface area contributed by atoms with Crippen molar-refractivity contribution in [2.75, 3.05) is 5.73 Å². The summed E-state index contributed by atoms with van der Waals surface area (Å²) >= 11 is 3.34. The van der Waals surface area contributed by atoms with Crippen molar-refractivity contribution in [3.8, 4) is 0 Å². The van der Waals surface area contributed by atoms with Gasteiger partial charge in [-0.1, -0.05) is 33.2 Å². The van der Waals surface area contributed by atoms with Crippen LogP contribution in [-0.2, 0) is 11.3 Å². The molecule has 8 nitrogen and oxygen atoms in total. The lowest BCUT2D eigenvalue weighted by atomic mass is 10.2. The number of tetrazole rings is 1. The van der Waals surface area contributed by atoms with Crippen LogP contribution in [0.5, 0.6) is 0 Å². The highest BCUT2D eigenvalue weighted by Gasteiger charge is 2.06. The second-order valence-corrected chi connectivity index (χ2v) is 4.46. The van der Waals surface area contributed by atoms with Crippen LogP contribution in [0, 0.1) is 0 Å². The zero-order chi connectivity index (χ0) is 13.7. The molecule has 0 saturated heterocycles. The van der Waals surface area contributed by atoms with Crippen LogP contribution in [-0.4, -0.2) is 32.3 Å². The lowest BCUT2D eigenvalue weighted by Gasteiger charge is -2.00. The number of anilines is 1. The molecule has 19 heavy (non-hydrogen) atoms. The number of nitrogens with zero attached hydrogens (tertiary/aromatic N) is 5. The fourth-order valence-electron chi connectivity index (χ4n) is 1.26. The van der Waals surface area contributed by atoms with E-state index in [-0.39, 0.29) is 18.4 Å². The fraction of sp³-hybridized carbons (Fsp3) is 0.100. The number of benzene rings is 1. The number of amides is 1. The van der Waals surface area contributed by atoms with Gasteiger partial charge in [0.05, 0.1) is 6.21 Å². The number of hydrogen-bond donors (Lipinski definition) is 2. The molecule has 1 amide bonds. The van der Waals surface area contributed by atoms with E-state index in [4.69, 9.17) is 5.73 Å². The molecule has 1 heterocycles. The van der Waals surface area contributed by atoms with Gasteiger partial charge in [-0.05, 0) is 28.1 Å². The maximum Gasteiger partial charge on any atom is 0.261 e. The number of halogens is 1. The molecular weight excluding hydrogens is 314 g/mol. The molecule has 0 unspecified atom stereocenters. The molecule has 0 fully saturated rings. The highest BCUT2D eigenvalue weighted by molar-refractivity contribution is 9.10. The zero-order valence-electron chi connectivity index (χ0n) is 9.69. The van der Waals surface area contributed by atoms with E-state index in [1.807, 2.05) is 24.3 Å². The first-order chi connectivity index (χ1) is 9.15. The summed E-state index contributed by atoms with van der Waals surface area (Å²) in [5.41, 5.74) is 8.65. The first-order valence-corrected chi connectivity index (χ1v) is 6.03. The summed E-state index contributed by atoms with van der Waals surface area (Å²) in [6.07, 6.45) is 1.53. The number of carbonyl (C=O) groups excluding carboxylic acids is 1. The summed E-state index contributed by atoms with van der Waals surface area (Å²) < 4.78 is 2.11.